The molecular formula is C21H19N5O2. The molecule has 3 aromatic heterocycles. The number of nitrogens with zero attached hydrogens (tertiary/aromatic N) is 4. The van der Waals surface area contributed by atoms with Gasteiger partial charge in [-0.1, -0.05) is 12.1 Å². The van der Waals surface area contributed by atoms with Crippen LogP contribution in [0.25, 0.3) is 28.0 Å². The molecule has 1 saturated heterocycles. The molecule has 0 radical (unpaired) electrons. The monoisotopic (exact) mass is 373 g/mol. The molecule has 7 heteroatoms. The molecule has 0 saturated carbocycles. The molecule has 1 atom stereocenters. The molecule has 4 heterocycles. The van der Waals surface area contributed by atoms with Crippen LogP contribution in [0.4, 0.5) is 0 Å². The molecule has 140 valence electrons. The van der Waals surface area contributed by atoms with Crippen molar-refractivity contribution in [3.63, 3.8) is 0 Å². The molecule has 0 spiro atoms. The average Bonchev–Trinajstić information content (AvgIpc) is 3.43. The highest BCUT2D eigenvalue weighted by atomic mass is 16.3. The molecule has 1 aliphatic rings. The van der Waals surface area contributed by atoms with Crippen LogP contribution in [0.1, 0.15) is 12.0 Å². The lowest BCUT2D eigenvalue weighted by atomic mass is 9.92. The summed E-state index contributed by atoms with van der Waals surface area (Å²) in [5, 5.41) is 16.6. The first-order valence-electron chi connectivity index (χ1n) is 9.13. The van der Waals surface area contributed by atoms with Gasteiger partial charge >= 0.3 is 0 Å². The number of likely N-dealkylation sites (tertiary alicyclic amines) is 1. The van der Waals surface area contributed by atoms with E-state index in [4.69, 9.17) is 0 Å². The van der Waals surface area contributed by atoms with Gasteiger partial charge in [-0.2, -0.15) is 5.10 Å². The van der Waals surface area contributed by atoms with E-state index in [1.165, 1.54) is 0 Å². The van der Waals surface area contributed by atoms with Crippen molar-refractivity contribution in [2.24, 2.45) is 0 Å². The summed E-state index contributed by atoms with van der Waals surface area (Å²) in [5.41, 5.74) is 2.53. The summed E-state index contributed by atoms with van der Waals surface area (Å²) in [5.74, 6) is -0.267. The molecule has 1 fully saturated rings. The molecule has 1 aliphatic heterocycles. The topological polar surface area (TPSA) is 87.0 Å². The molecule has 0 bridgehead atoms. The quantitative estimate of drug-likeness (QED) is 0.578. The standard InChI is InChI=1S/C21H19N5O2/c1-25-11-8-21(28,20(25)27)14-4-2-5-15(12-14)26-10-7-18(24-26)17-13-23-19-16(17)6-3-9-22-19/h2-7,9-10,12-13,28H,8,11H2,1H3,(H,22,23)/t21-/m1/s1. The predicted molar refractivity (Wildman–Crippen MR) is 105 cm³/mol. The number of fused-ring (bicyclic) bond motifs is 1. The van der Waals surface area contributed by atoms with E-state index in [0.717, 1.165) is 28.0 Å². The number of benzene rings is 1. The molecule has 28 heavy (non-hydrogen) atoms. The number of carbonyl (C=O) groups excluding carboxylic acids is 1. The Morgan fingerprint density at radius 3 is 2.93 bits per heavy atom. The zero-order chi connectivity index (χ0) is 19.3. The largest absolute Gasteiger partial charge is 0.375 e. The van der Waals surface area contributed by atoms with Gasteiger partial charge in [-0.05, 0) is 35.9 Å². The lowest BCUT2D eigenvalue weighted by Gasteiger charge is -2.21. The highest BCUT2D eigenvalue weighted by Gasteiger charge is 2.45. The molecule has 5 rings (SSSR count). The Bertz CT molecular complexity index is 1190. The van der Waals surface area contributed by atoms with Gasteiger partial charge in [-0.25, -0.2) is 9.67 Å². The number of aromatic amines is 1. The molecule has 0 aliphatic carbocycles. The van der Waals surface area contributed by atoms with Crippen molar-refractivity contribution < 1.29 is 9.90 Å². The Morgan fingerprint density at radius 2 is 2.11 bits per heavy atom. The number of nitrogens with one attached hydrogen (secondary N) is 1. The zero-order valence-electron chi connectivity index (χ0n) is 15.3. The second-order valence-electron chi connectivity index (χ2n) is 7.13. The van der Waals surface area contributed by atoms with Crippen molar-refractivity contribution in [2.75, 3.05) is 13.6 Å². The van der Waals surface area contributed by atoms with Crippen LogP contribution in [0.3, 0.4) is 0 Å². The van der Waals surface area contributed by atoms with Crippen molar-refractivity contribution in [1.82, 2.24) is 24.6 Å². The number of amides is 1. The van der Waals surface area contributed by atoms with E-state index in [-0.39, 0.29) is 5.91 Å². The SMILES string of the molecule is CN1CC[C@@](O)(c2cccc(-n3ccc(-c4c[nH]c5ncccc45)n3)c2)C1=O. The highest BCUT2D eigenvalue weighted by molar-refractivity contribution is 5.92. The highest BCUT2D eigenvalue weighted by Crippen LogP contribution is 2.33. The number of pyridine rings is 1. The predicted octanol–water partition coefficient (Wildman–Crippen LogP) is 2.47. The van der Waals surface area contributed by atoms with Gasteiger partial charge in [-0.15, -0.1) is 0 Å². The Hall–Kier alpha value is -3.45. The van der Waals surface area contributed by atoms with Crippen molar-refractivity contribution in [2.45, 2.75) is 12.0 Å². The van der Waals surface area contributed by atoms with Crippen LogP contribution in [0.2, 0.25) is 0 Å². The van der Waals surface area contributed by atoms with Crippen molar-refractivity contribution in [3.05, 3.63) is 66.6 Å². The molecule has 0 unspecified atom stereocenters. The van der Waals surface area contributed by atoms with Crippen LogP contribution in [0.15, 0.2) is 61.1 Å². The van der Waals surface area contributed by atoms with Crippen molar-refractivity contribution in [1.29, 1.82) is 0 Å². The van der Waals surface area contributed by atoms with E-state index in [2.05, 4.69) is 15.1 Å². The molecule has 7 nitrogen and oxygen atoms in total. The normalized spacial score (nSPS) is 19.6. The number of H-pyrrole nitrogens is 1. The summed E-state index contributed by atoms with van der Waals surface area (Å²) in [6.45, 7) is 0.542. The van der Waals surface area contributed by atoms with E-state index < -0.39 is 5.60 Å². The fourth-order valence-electron chi connectivity index (χ4n) is 3.81. The smallest absolute Gasteiger partial charge is 0.258 e. The second kappa shape index (κ2) is 6.03. The number of aliphatic hydroxyl groups is 1. The Kier molecular flexibility index (Phi) is 3.60. The Morgan fingerprint density at radius 1 is 1.21 bits per heavy atom. The van der Waals surface area contributed by atoms with Crippen molar-refractivity contribution in [3.8, 4) is 16.9 Å². The van der Waals surface area contributed by atoms with Gasteiger partial charge in [0.2, 0.25) is 0 Å². The Balaban J connectivity index is 1.52. The van der Waals surface area contributed by atoms with E-state index >= 15 is 0 Å². The van der Waals surface area contributed by atoms with Crippen LogP contribution in [0.5, 0.6) is 0 Å². The number of likely N-dealkylation sites (N-methyl/N-ethyl adjacent to an activating group) is 1. The minimum absolute atomic E-state index is 0.267. The first-order valence-corrected chi connectivity index (χ1v) is 9.13. The van der Waals surface area contributed by atoms with Gasteiger partial charge in [0.1, 0.15) is 5.65 Å². The van der Waals surface area contributed by atoms with Crippen LogP contribution in [-0.4, -0.2) is 49.3 Å². The fourth-order valence-corrected chi connectivity index (χ4v) is 3.81. The first kappa shape index (κ1) is 16.7. The summed E-state index contributed by atoms with van der Waals surface area (Å²) in [4.78, 5) is 21.4. The van der Waals surface area contributed by atoms with Crippen LogP contribution in [-0.2, 0) is 10.4 Å². The second-order valence-corrected chi connectivity index (χ2v) is 7.13. The summed E-state index contributed by atoms with van der Waals surface area (Å²) in [7, 11) is 1.71. The van der Waals surface area contributed by atoms with Crippen LogP contribution >= 0.6 is 0 Å². The maximum absolute atomic E-state index is 12.4. The summed E-state index contributed by atoms with van der Waals surface area (Å²) in [6, 6.07) is 13.2. The maximum atomic E-state index is 12.4. The molecule has 1 aromatic carbocycles. The third-order valence-electron chi connectivity index (χ3n) is 5.41. The van der Waals surface area contributed by atoms with Crippen LogP contribution < -0.4 is 0 Å². The van der Waals surface area contributed by atoms with E-state index in [1.54, 1.807) is 28.9 Å². The maximum Gasteiger partial charge on any atom is 0.258 e. The van der Waals surface area contributed by atoms with Gasteiger partial charge in [-0.3, -0.25) is 4.79 Å². The number of hydrogen-bond donors (Lipinski definition) is 2. The van der Waals surface area contributed by atoms with E-state index in [1.807, 2.05) is 48.8 Å². The summed E-state index contributed by atoms with van der Waals surface area (Å²) >= 11 is 0. The van der Waals surface area contributed by atoms with Crippen molar-refractivity contribution >= 4 is 16.9 Å². The summed E-state index contributed by atoms with van der Waals surface area (Å²) in [6.07, 6.45) is 5.91. The van der Waals surface area contributed by atoms with E-state index in [0.29, 0.717) is 18.5 Å². The Labute approximate surface area is 161 Å². The zero-order valence-corrected chi connectivity index (χ0v) is 15.3. The fraction of sp³-hybridized carbons (Fsp3) is 0.190. The lowest BCUT2D eigenvalue weighted by molar-refractivity contribution is -0.143. The molecule has 2 N–H and O–H groups in total. The number of rotatable bonds is 3. The first-order chi connectivity index (χ1) is 13.6. The van der Waals surface area contributed by atoms with Gasteiger partial charge in [0.25, 0.3) is 5.91 Å². The number of carbonyl (C=O) groups is 1. The third-order valence-corrected chi connectivity index (χ3v) is 5.41. The van der Waals surface area contributed by atoms with E-state index in [9.17, 15) is 9.90 Å². The third kappa shape index (κ3) is 2.44. The van der Waals surface area contributed by atoms with Gasteiger partial charge in [0.05, 0.1) is 11.4 Å². The van der Waals surface area contributed by atoms with Gasteiger partial charge in [0.15, 0.2) is 5.60 Å². The average molecular weight is 373 g/mol. The molecule has 4 aromatic rings. The van der Waals surface area contributed by atoms with Gasteiger partial charge in [0, 0.05) is 49.6 Å². The summed E-state index contributed by atoms with van der Waals surface area (Å²) < 4.78 is 1.75. The number of aromatic nitrogens is 4. The van der Waals surface area contributed by atoms with Crippen LogP contribution in [0, 0.1) is 0 Å². The molecule has 1 amide bonds. The van der Waals surface area contributed by atoms with Gasteiger partial charge < -0.3 is 15.0 Å². The minimum Gasteiger partial charge on any atom is -0.375 e. The minimum atomic E-state index is -1.47. The molecular weight excluding hydrogens is 354 g/mol. The lowest BCUT2D eigenvalue weighted by Crippen LogP contribution is -2.36. The number of hydrogen-bond acceptors (Lipinski definition) is 4.